The van der Waals surface area contributed by atoms with E-state index in [-0.39, 0.29) is 46.5 Å². The van der Waals surface area contributed by atoms with Gasteiger partial charge < -0.3 is 4.42 Å². The Morgan fingerprint density at radius 3 is 1.92 bits per heavy atom. The van der Waals surface area contributed by atoms with Crippen molar-refractivity contribution in [2.75, 3.05) is 0 Å². The topological polar surface area (TPSA) is 51.8 Å². The van der Waals surface area contributed by atoms with Crippen molar-refractivity contribution >= 4 is 43.5 Å². The summed E-state index contributed by atoms with van der Waals surface area (Å²) in [4.78, 5) is 15.2. The van der Waals surface area contributed by atoms with Crippen LogP contribution in [0.1, 0.15) is 12.3 Å². The fourth-order valence-electron chi connectivity index (χ4n) is 6.58. The molecule has 0 radical (unpaired) electrons. The van der Waals surface area contributed by atoms with Gasteiger partial charge in [0.25, 0.3) is 0 Å². The van der Waals surface area contributed by atoms with E-state index in [1.165, 1.54) is 6.07 Å². The number of benzene rings is 8. The van der Waals surface area contributed by atoms with Gasteiger partial charge in [0, 0.05) is 27.5 Å². The molecule has 0 N–H and O–H groups in total. The third-order valence-corrected chi connectivity index (χ3v) is 9.02. The molecule has 4 heteroatoms. The maximum absolute atomic E-state index is 9.03. The average molecular weight is 661 g/mol. The van der Waals surface area contributed by atoms with Crippen LogP contribution in [0.25, 0.3) is 99.9 Å². The summed E-state index contributed by atoms with van der Waals surface area (Å²) in [5.74, 6) is 1.19. The van der Waals surface area contributed by atoms with E-state index in [9.17, 15) is 0 Å². The number of rotatable bonds is 5. The molecule has 0 unspecified atom stereocenters. The number of nitrogens with zero attached hydrogens (tertiary/aromatic N) is 3. The quantitative estimate of drug-likeness (QED) is 0.184. The minimum absolute atomic E-state index is 0.0953. The highest BCUT2D eigenvalue weighted by Gasteiger charge is 2.22. The minimum atomic E-state index is -0.510. The van der Waals surface area contributed by atoms with Crippen molar-refractivity contribution in [2.45, 2.75) is 0 Å². The monoisotopic (exact) mass is 660 g/mol. The lowest BCUT2D eigenvalue weighted by atomic mass is 9.94. The van der Waals surface area contributed by atoms with Crippen LogP contribution in [0, 0.1) is 0 Å². The molecule has 10 aromatic rings. The van der Waals surface area contributed by atoms with Gasteiger partial charge in [-0.2, -0.15) is 0 Å². The van der Waals surface area contributed by atoms with E-state index in [2.05, 4.69) is 0 Å². The summed E-state index contributed by atoms with van der Waals surface area (Å²) >= 11 is 0. The highest BCUT2D eigenvalue weighted by Crippen LogP contribution is 2.42. The van der Waals surface area contributed by atoms with Gasteiger partial charge in [-0.25, -0.2) is 15.0 Å². The highest BCUT2D eigenvalue weighted by molar-refractivity contribution is 6.15. The van der Waals surface area contributed by atoms with Gasteiger partial charge in [0.1, 0.15) is 11.2 Å². The molecule has 0 bridgehead atoms. The van der Waals surface area contributed by atoms with Gasteiger partial charge in [0.2, 0.25) is 0 Å². The van der Waals surface area contributed by atoms with Crippen LogP contribution in [0.4, 0.5) is 0 Å². The number of hydrogen-bond donors (Lipinski definition) is 0. The average Bonchev–Trinajstić information content (AvgIpc) is 3.65. The number of hydrogen-bond acceptors (Lipinski definition) is 4. The van der Waals surface area contributed by atoms with Crippen LogP contribution in [-0.2, 0) is 0 Å². The molecule has 0 fully saturated rings. The lowest BCUT2D eigenvalue weighted by Gasteiger charge is -2.14. The van der Waals surface area contributed by atoms with Gasteiger partial charge >= 0.3 is 0 Å². The van der Waals surface area contributed by atoms with Crippen LogP contribution in [-0.4, -0.2) is 15.0 Å². The predicted octanol–water partition coefficient (Wildman–Crippen LogP) is 12.4. The summed E-state index contributed by atoms with van der Waals surface area (Å²) in [5, 5.41) is 2.60. The van der Waals surface area contributed by atoms with Crippen LogP contribution >= 0.6 is 0 Å². The summed E-state index contributed by atoms with van der Waals surface area (Å²) in [5.41, 5.74) is 5.31. The van der Waals surface area contributed by atoms with E-state index in [0.717, 1.165) is 27.5 Å². The van der Waals surface area contributed by atoms with E-state index in [4.69, 9.17) is 31.7 Å². The smallest absolute Gasteiger partial charge is 0.165 e. The summed E-state index contributed by atoms with van der Waals surface area (Å²) in [6, 6.07) is 35.0. The number of furan rings is 1. The molecule has 4 nitrogen and oxygen atoms in total. The zero-order valence-electron chi connectivity index (χ0n) is 35.8. The van der Waals surface area contributed by atoms with E-state index in [1.54, 1.807) is 18.2 Å². The molecule has 8 aromatic carbocycles. The molecule has 10 rings (SSSR count). The van der Waals surface area contributed by atoms with Gasteiger partial charge in [0.05, 0.1) is 12.3 Å². The van der Waals surface area contributed by atoms with E-state index < -0.39 is 24.2 Å². The van der Waals surface area contributed by atoms with Crippen molar-refractivity contribution in [3.05, 3.63) is 176 Å². The Morgan fingerprint density at radius 2 is 1.12 bits per heavy atom. The van der Waals surface area contributed by atoms with Gasteiger partial charge in [0.15, 0.2) is 17.5 Å². The molecule has 0 amide bonds. The molecule has 0 aliphatic rings. The Balaban J connectivity index is 1.18. The molecule has 0 atom stereocenters. The molecule has 0 saturated carbocycles. The number of fused-ring (bicyclic) bond motifs is 5. The standard InChI is InChI=1S/C47H29N3O/c1-3-12-31(13-4-1)39-25-26-42-43(40-17-9-10-18-41(40)51-42)44(39)47-49-45(32-14-5-2-6-15-32)48-46(50-47)38-24-23-36-28-35(21-22-37(36)29-38)34-20-19-30-11-7-8-16-33(30)27-34/h1-29H/i7D,8D,9D,11D,16D,18D,19D,20D,27D. The number of aromatic nitrogens is 3. The molecule has 0 spiro atoms. The molecular weight excluding hydrogens is 623 g/mol. The fourth-order valence-corrected chi connectivity index (χ4v) is 6.58. The Kier molecular flexibility index (Phi) is 4.96. The molecule has 0 aliphatic heterocycles. The van der Waals surface area contributed by atoms with Crippen LogP contribution in [0.3, 0.4) is 0 Å². The Labute approximate surface area is 307 Å². The first kappa shape index (κ1) is 21.2. The van der Waals surface area contributed by atoms with Crippen molar-refractivity contribution < 1.29 is 16.8 Å². The normalized spacial score (nSPS) is 14.0. The van der Waals surface area contributed by atoms with Crippen LogP contribution in [0.5, 0.6) is 0 Å². The van der Waals surface area contributed by atoms with Crippen LogP contribution in [0.15, 0.2) is 180 Å². The third-order valence-electron chi connectivity index (χ3n) is 9.02. The maximum Gasteiger partial charge on any atom is 0.165 e. The van der Waals surface area contributed by atoms with Crippen molar-refractivity contribution in [1.29, 1.82) is 0 Å². The zero-order chi connectivity index (χ0) is 41.6. The molecule has 2 heterocycles. The molecule has 0 saturated heterocycles. The molecule has 238 valence electrons. The minimum Gasteiger partial charge on any atom is -0.456 e. The van der Waals surface area contributed by atoms with Gasteiger partial charge in [-0.3, -0.25) is 0 Å². The second kappa shape index (κ2) is 11.9. The third kappa shape index (κ3) is 5.13. The van der Waals surface area contributed by atoms with Gasteiger partial charge in [-0.1, -0.05) is 139 Å². The fraction of sp³-hybridized carbons (Fsp3) is 0. The first-order chi connectivity index (χ1) is 29.0. The number of para-hydroxylation sites is 1. The molecule has 51 heavy (non-hydrogen) atoms. The Hall–Kier alpha value is -6.91. The zero-order valence-corrected chi connectivity index (χ0v) is 26.8. The largest absolute Gasteiger partial charge is 0.456 e. The van der Waals surface area contributed by atoms with E-state index >= 15 is 0 Å². The predicted molar refractivity (Wildman–Crippen MR) is 209 cm³/mol. The summed E-state index contributed by atoms with van der Waals surface area (Å²) in [6.45, 7) is 0. The lowest BCUT2D eigenvalue weighted by Crippen LogP contribution is -2.01. The summed E-state index contributed by atoms with van der Waals surface area (Å²) < 4.78 is 83.2. The van der Waals surface area contributed by atoms with Crippen molar-refractivity contribution in [1.82, 2.24) is 15.0 Å². The van der Waals surface area contributed by atoms with Crippen LogP contribution < -0.4 is 0 Å². The lowest BCUT2D eigenvalue weighted by molar-refractivity contribution is 0.669. The Bertz CT molecular complexity index is 3430. The van der Waals surface area contributed by atoms with Gasteiger partial charge in [-0.05, 0) is 80.1 Å². The first-order valence-electron chi connectivity index (χ1n) is 20.9. The molecule has 2 aromatic heterocycles. The van der Waals surface area contributed by atoms with Crippen molar-refractivity contribution in [3.8, 4) is 56.4 Å². The SMILES string of the molecule is [2H]c1cc([2H])c2oc3ccc(-c4ccccc4)c(-c4nc(-c5ccccc5)nc(-c5ccc6cc(-c7c([2H])c([2H])c8c([2H])c([2H])c([2H])c([2H])c8c7[2H])ccc6c5)n4)c3c2c1. The van der Waals surface area contributed by atoms with Gasteiger partial charge in [-0.15, -0.1) is 0 Å². The van der Waals surface area contributed by atoms with Crippen LogP contribution in [0.2, 0.25) is 0 Å². The maximum atomic E-state index is 9.03. The Morgan fingerprint density at radius 1 is 0.431 bits per heavy atom. The first-order valence-corrected chi connectivity index (χ1v) is 16.4. The van der Waals surface area contributed by atoms with E-state index in [1.807, 2.05) is 97.1 Å². The van der Waals surface area contributed by atoms with Crippen molar-refractivity contribution in [2.24, 2.45) is 0 Å². The van der Waals surface area contributed by atoms with E-state index in [0.29, 0.717) is 56.1 Å². The van der Waals surface area contributed by atoms with Crippen molar-refractivity contribution in [3.63, 3.8) is 0 Å². The second-order valence-corrected chi connectivity index (χ2v) is 12.1. The second-order valence-electron chi connectivity index (χ2n) is 12.1. The summed E-state index contributed by atoms with van der Waals surface area (Å²) in [7, 11) is 0. The molecular formula is C47H29N3O. The molecule has 0 aliphatic carbocycles. The summed E-state index contributed by atoms with van der Waals surface area (Å²) in [6.07, 6.45) is 0. The highest BCUT2D eigenvalue weighted by atomic mass is 16.3.